The third kappa shape index (κ3) is 5.21. The molecule has 2 amide bonds. The normalized spacial score (nSPS) is 17.6. The van der Waals surface area contributed by atoms with Gasteiger partial charge < -0.3 is 14.6 Å². The SMILES string of the molecule is CCN(CC)C(=O)CN1CCN(C(C)C(=O)NC(C)c2cc3ccccc3o2)CC1. The van der Waals surface area contributed by atoms with Crippen molar-refractivity contribution in [3.05, 3.63) is 36.1 Å². The summed E-state index contributed by atoms with van der Waals surface area (Å²) in [5, 5.41) is 4.12. The monoisotopic (exact) mass is 414 g/mol. The molecule has 1 saturated heterocycles. The number of piperazine rings is 1. The van der Waals surface area contributed by atoms with E-state index >= 15 is 0 Å². The molecular weight excluding hydrogens is 380 g/mol. The molecule has 0 saturated carbocycles. The van der Waals surface area contributed by atoms with Gasteiger partial charge in [-0.15, -0.1) is 0 Å². The Hall–Kier alpha value is -2.38. The summed E-state index contributed by atoms with van der Waals surface area (Å²) in [6.45, 7) is 13.0. The van der Waals surface area contributed by atoms with Crippen LogP contribution in [-0.2, 0) is 9.59 Å². The molecule has 1 aliphatic rings. The summed E-state index contributed by atoms with van der Waals surface area (Å²) in [7, 11) is 0. The molecule has 2 heterocycles. The van der Waals surface area contributed by atoms with Crippen molar-refractivity contribution < 1.29 is 14.0 Å². The molecule has 2 unspecified atom stereocenters. The van der Waals surface area contributed by atoms with Gasteiger partial charge in [-0.05, 0) is 39.8 Å². The second-order valence-electron chi connectivity index (χ2n) is 7.97. The Morgan fingerprint density at radius 2 is 1.77 bits per heavy atom. The van der Waals surface area contributed by atoms with Gasteiger partial charge in [0.2, 0.25) is 11.8 Å². The average molecular weight is 415 g/mol. The third-order valence-corrected chi connectivity index (χ3v) is 6.04. The number of para-hydroxylation sites is 1. The standard InChI is InChI=1S/C23H34N4O3/c1-5-26(6-2)22(28)16-25-11-13-27(14-12-25)18(4)23(29)24-17(3)21-15-19-9-7-8-10-20(19)30-21/h7-10,15,17-18H,5-6,11-14,16H2,1-4H3,(H,24,29). The quantitative estimate of drug-likeness (QED) is 0.719. The van der Waals surface area contributed by atoms with Gasteiger partial charge in [-0.3, -0.25) is 19.4 Å². The van der Waals surface area contributed by atoms with E-state index < -0.39 is 0 Å². The fourth-order valence-corrected chi connectivity index (χ4v) is 3.96. The second kappa shape index (κ2) is 10.1. The summed E-state index contributed by atoms with van der Waals surface area (Å²) in [5.41, 5.74) is 0.831. The van der Waals surface area contributed by atoms with Crippen LogP contribution in [0, 0.1) is 0 Å². The number of likely N-dealkylation sites (N-methyl/N-ethyl adjacent to an activating group) is 1. The van der Waals surface area contributed by atoms with Crippen molar-refractivity contribution in [1.82, 2.24) is 20.0 Å². The van der Waals surface area contributed by atoms with Gasteiger partial charge in [0.1, 0.15) is 11.3 Å². The molecule has 1 aromatic carbocycles. The molecule has 0 aliphatic carbocycles. The number of carbonyl (C=O) groups is 2. The Morgan fingerprint density at radius 3 is 2.40 bits per heavy atom. The number of furan rings is 1. The number of rotatable bonds is 8. The van der Waals surface area contributed by atoms with E-state index in [1.807, 2.05) is 62.9 Å². The van der Waals surface area contributed by atoms with Gasteiger partial charge in [0, 0.05) is 44.7 Å². The molecule has 2 aromatic rings. The molecule has 3 rings (SSSR count). The smallest absolute Gasteiger partial charge is 0.237 e. The first-order chi connectivity index (χ1) is 14.4. The zero-order chi connectivity index (χ0) is 21.7. The lowest BCUT2D eigenvalue weighted by Crippen LogP contribution is -2.55. The van der Waals surface area contributed by atoms with E-state index in [4.69, 9.17) is 4.42 Å². The first-order valence-corrected chi connectivity index (χ1v) is 11.0. The van der Waals surface area contributed by atoms with E-state index in [1.165, 1.54) is 0 Å². The van der Waals surface area contributed by atoms with Gasteiger partial charge in [0.05, 0.1) is 18.6 Å². The van der Waals surface area contributed by atoms with Gasteiger partial charge in [-0.1, -0.05) is 18.2 Å². The largest absolute Gasteiger partial charge is 0.459 e. The van der Waals surface area contributed by atoms with Crippen LogP contribution in [0.4, 0.5) is 0 Å². The van der Waals surface area contributed by atoms with Crippen LogP contribution in [0.3, 0.4) is 0 Å². The molecule has 0 spiro atoms. The molecule has 0 bridgehead atoms. The molecule has 1 fully saturated rings. The molecule has 2 atom stereocenters. The molecule has 0 radical (unpaired) electrons. The Morgan fingerprint density at radius 1 is 1.10 bits per heavy atom. The van der Waals surface area contributed by atoms with Crippen LogP contribution in [0.25, 0.3) is 11.0 Å². The van der Waals surface area contributed by atoms with E-state index in [1.54, 1.807) is 0 Å². The van der Waals surface area contributed by atoms with Gasteiger partial charge in [-0.25, -0.2) is 0 Å². The van der Waals surface area contributed by atoms with Gasteiger partial charge in [-0.2, -0.15) is 0 Å². The molecule has 7 nitrogen and oxygen atoms in total. The van der Waals surface area contributed by atoms with Crippen LogP contribution in [0.5, 0.6) is 0 Å². The number of amides is 2. The highest BCUT2D eigenvalue weighted by molar-refractivity contribution is 5.82. The highest BCUT2D eigenvalue weighted by atomic mass is 16.3. The molecular formula is C23H34N4O3. The van der Waals surface area contributed by atoms with E-state index in [-0.39, 0.29) is 23.9 Å². The molecule has 1 aliphatic heterocycles. The topological polar surface area (TPSA) is 69.0 Å². The molecule has 7 heteroatoms. The number of hydrogen-bond acceptors (Lipinski definition) is 5. The summed E-state index contributed by atoms with van der Waals surface area (Å²) >= 11 is 0. The van der Waals surface area contributed by atoms with Crippen LogP contribution in [0.2, 0.25) is 0 Å². The number of hydrogen-bond donors (Lipinski definition) is 1. The van der Waals surface area contributed by atoms with Crippen molar-refractivity contribution in [3.8, 4) is 0 Å². The highest BCUT2D eigenvalue weighted by Gasteiger charge is 2.28. The Kier molecular flexibility index (Phi) is 7.50. The number of nitrogens with one attached hydrogen (secondary N) is 1. The van der Waals surface area contributed by atoms with E-state index in [0.717, 1.165) is 56.0 Å². The van der Waals surface area contributed by atoms with Crippen LogP contribution >= 0.6 is 0 Å². The summed E-state index contributed by atoms with van der Waals surface area (Å²) in [6.07, 6.45) is 0. The average Bonchev–Trinajstić information content (AvgIpc) is 3.19. The zero-order valence-corrected chi connectivity index (χ0v) is 18.6. The van der Waals surface area contributed by atoms with Crippen molar-refractivity contribution in [2.75, 3.05) is 45.8 Å². The van der Waals surface area contributed by atoms with Crippen molar-refractivity contribution in [2.24, 2.45) is 0 Å². The number of nitrogens with zero attached hydrogens (tertiary/aromatic N) is 3. The number of benzene rings is 1. The minimum absolute atomic E-state index is 0.00405. The lowest BCUT2D eigenvalue weighted by molar-refractivity contribution is -0.133. The Balaban J connectivity index is 1.49. The lowest BCUT2D eigenvalue weighted by Gasteiger charge is -2.37. The predicted octanol–water partition coefficient (Wildman–Crippen LogP) is 2.48. The summed E-state index contributed by atoms with van der Waals surface area (Å²) in [5.74, 6) is 0.936. The maximum absolute atomic E-state index is 12.8. The molecule has 1 aromatic heterocycles. The van der Waals surface area contributed by atoms with Crippen LogP contribution in [0.1, 0.15) is 39.5 Å². The third-order valence-electron chi connectivity index (χ3n) is 6.04. The maximum atomic E-state index is 12.8. The van der Waals surface area contributed by atoms with Gasteiger partial charge >= 0.3 is 0 Å². The van der Waals surface area contributed by atoms with E-state index in [2.05, 4.69) is 15.1 Å². The molecule has 164 valence electrons. The van der Waals surface area contributed by atoms with Crippen molar-refractivity contribution in [3.63, 3.8) is 0 Å². The van der Waals surface area contributed by atoms with Crippen LogP contribution in [-0.4, -0.2) is 78.4 Å². The minimum atomic E-state index is -0.225. The Labute approximate surface area is 179 Å². The summed E-state index contributed by atoms with van der Waals surface area (Å²) in [4.78, 5) is 31.3. The van der Waals surface area contributed by atoms with Crippen molar-refractivity contribution >= 4 is 22.8 Å². The van der Waals surface area contributed by atoms with Crippen LogP contribution in [0.15, 0.2) is 34.7 Å². The predicted molar refractivity (Wildman–Crippen MR) is 118 cm³/mol. The van der Waals surface area contributed by atoms with Crippen molar-refractivity contribution in [1.29, 1.82) is 0 Å². The van der Waals surface area contributed by atoms with Gasteiger partial charge in [0.15, 0.2) is 0 Å². The lowest BCUT2D eigenvalue weighted by atomic mass is 10.1. The number of fused-ring (bicyclic) bond motifs is 1. The first kappa shape index (κ1) is 22.3. The zero-order valence-electron chi connectivity index (χ0n) is 18.6. The molecule has 1 N–H and O–H groups in total. The second-order valence-corrected chi connectivity index (χ2v) is 7.97. The summed E-state index contributed by atoms with van der Waals surface area (Å²) < 4.78 is 5.87. The van der Waals surface area contributed by atoms with E-state index in [9.17, 15) is 9.59 Å². The first-order valence-electron chi connectivity index (χ1n) is 11.0. The van der Waals surface area contributed by atoms with Gasteiger partial charge in [0.25, 0.3) is 0 Å². The number of carbonyl (C=O) groups excluding carboxylic acids is 2. The molecule has 30 heavy (non-hydrogen) atoms. The van der Waals surface area contributed by atoms with Crippen LogP contribution < -0.4 is 5.32 Å². The highest BCUT2D eigenvalue weighted by Crippen LogP contribution is 2.23. The summed E-state index contributed by atoms with van der Waals surface area (Å²) in [6, 6.07) is 9.41. The van der Waals surface area contributed by atoms with E-state index in [0.29, 0.717) is 6.54 Å². The van der Waals surface area contributed by atoms with Crippen molar-refractivity contribution in [2.45, 2.75) is 39.8 Å². The minimum Gasteiger partial charge on any atom is -0.459 e. The maximum Gasteiger partial charge on any atom is 0.237 e. The Bertz CT molecular complexity index is 820. The fraction of sp³-hybridized carbons (Fsp3) is 0.565. The fourth-order valence-electron chi connectivity index (χ4n) is 3.96.